The topological polar surface area (TPSA) is 112 Å². The Morgan fingerprint density at radius 2 is 1.80 bits per heavy atom. The average molecular weight is 483 g/mol. The van der Waals surface area contributed by atoms with Crippen LogP contribution in [0.1, 0.15) is 58.9 Å². The summed E-state index contributed by atoms with van der Waals surface area (Å²) in [5.74, 6) is -1.39. The molecule has 0 saturated heterocycles. The molecule has 0 radical (unpaired) electrons. The Balaban J connectivity index is 2.23. The molecule has 8 nitrogen and oxygen atoms in total. The van der Waals surface area contributed by atoms with Crippen LogP contribution in [0.4, 0.5) is 5.69 Å². The van der Waals surface area contributed by atoms with Gasteiger partial charge in [0.1, 0.15) is 6.04 Å². The molecule has 35 heavy (non-hydrogen) atoms. The van der Waals surface area contributed by atoms with Crippen LogP contribution in [0.15, 0.2) is 54.9 Å². The zero-order valence-electron chi connectivity index (χ0n) is 21.1. The summed E-state index contributed by atoms with van der Waals surface area (Å²) < 4.78 is 0. The Morgan fingerprint density at radius 3 is 2.37 bits per heavy atom. The third-order valence-corrected chi connectivity index (χ3v) is 6.00. The molecule has 0 unspecified atom stereocenters. The average Bonchev–Trinajstić information content (AvgIpc) is 2.84. The highest BCUT2D eigenvalue weighted by molar-refractivity contribution is 5.98. The number of amides is 3. The monoisotopic (exact) mass is 482 g/mol. The molecule has 0 fully saturated rings. The third-order valence-electron chi connectivity index (χ3n) is 6.00. The number of nitrogens with zero attached hydrogens (tertiary/aromatic N) is 2. The smallest absolute Gasteiger partial charge is 0.247 e. The number of rotatable bonds is 13. The molecule has 3 amide bonds. The third kappa shape index (κ3) is 8.79. The molecule has 0 aliphatic carbocycles. The van der Waals surface area contributed by atoms with Gasteiger partial charge in [-0.05, 0) is 48.8 Å². The summed E-state index contributed by atoms with van der Waals surface area (Å²) in [5.41, 5.74) is 1.10. The van der Waals surface area contributed by atoms with Crippen molar-refractivity contribution < 1.29 is 19.6 Å². The van der Waals surface area contributed by atoms with Gasteiger partial charge < -0.3 is 10.6 Å². The maximum atomic E-state index is 13.6. The van der Waals surface area contributed by atoms with Gasteiger partial charge in [-0.3, -0.25) is 24.6 Å². The van der Waals surface area contributed by atoms with Gasteiger partial charge in [-0.1, -0.05) is 64.4 Å². The van der Waals surface area contributed by atoms with Crippen LogP contribution >= 0.6 is 0 Å². The van der Waals surface area contributed by atoms with Crippen molar-refractivity contribution >= 4 is 23.9 Å². The zero-order valence-corrected chi connectivity index (χ0v) is 21.1. The summed E-state index contributed by atoms with van der Waals surface area (Å²) in [5, 5.41) is 16.6. The number of hydroxylamine groups is 2. The van der Waals surface area contributed by atoms with Gasteiger partial charge >= 0.3 is 0 Å². The van der Waals surface area contributed by atoms with E-state index in [0.717, 1.165) is 12.0 Å². The van der Waals surface area contributed by atoms with Gasteiger partial charge in [0.05, 0.1) is 23.8 Å². The molecule has 0 saturated carbocycles. The second-order valence-corrected chi connectivity index (χ2v) is 9.86. The van der Waals surface area contributed by atoms with E-state index in [4.69, 9.17) is 0 Å². The van der Waals surface area contributed by atoms with Gasteiger partial charge in [0.2, 0.25) is 18.2 Å². The number of carbonyl (C=O) groups is 3. The molecule has 3 atom stereocenters. The van der Waals surface area contributed by atoms with E-state index >= 15 is 0 Å². The maximum absolute atomic E-state index is 13.6. The summed E-state index contributed by atoms with van der Waals surface area (Å²) in [4.78, 5) is 42.1. The van der Waals surface area contributed by atoms with Crippen molar-refractivity contribution in [1.29, 1.82) is 0 Å². The maximum Gasteiger partial charge on any atom is 0.247 e. The molecule has 8 heteroatoms. The van der Waals surface area contributed by atoms with E-state index in [2.05, 4.69) is 15.6 Å². The molecule has 0 aliphatic rings. The Labute approximate surface area is 208 Å². The van der Waals surface area contributed by atoms with Crippen molar-refractivity contribution in [2.75, 3.05) is 5.32 Å². The molecule has 1 heterocycles. The van der Waals surface area contributed by atoms with E-state index in [9.17, 15) is 19.6 Å². The largest absolute Gasteiger partial charge is 0.343 e. The molecular weight excluding hydrogens is 444 g/mol. The normalized spacial score (nSPS) is 13.9. The van der Waals surface area contributed by atoms with Crippen molar-refractivity contribution in [2.45, 2.75) is 71.9 Å². The molecule has 1 aromatic carbocycles. The highest BCUT2D eigenvalue weighted by atomic mass is 16.5. The van der Waals surface area contributed by atoms with E-state index in [0.29, 0.717) is 42.8 Å². The number of hydrogen-bond acceptors (Lipinski definition) is 5. The summed E-state index contributed by atoms with van der Waals surface area (Å²) in [7, 11) is 0. The number of aromatic nitrogens is 1. The van der Waals surface area contributed by atoms with Gasteiger partial charge in [-0.25, -0.2) is 5.06 Å². The molecule has 0 aliphatic heterocycles. The first-order valence-corrected chi connectivity index (χ1v) is 12.1. The fraction of sp³-hybridized carbons (Fsp3) is 0.481. The van der Waals surface area contributed by atoms with Crippen LogP contribution in [0, 0.1) is 11.3 Å². The predicted molar refractivity (Wildman–Crippen MR) is 136 cm³/mol. The van der Waals surface area contributed by atoms with Crippen molar-refractivity contribution in [2.24, 2.45) is 11.3 Å². The number of hydrogen-bond donors (Lipinski definition) is 3. The minimum absolute atomic E-state index is 0.341. The summed E-state index contributed by atoms with van der Waals surface area (Å²) in [6, 6.07) is 11.9. The van der Waals surface area contributed by atoms with E-state index < -0.39 is 23.4 Å². The fourth-order valence-corrected chi connectivity index (χ4v) is 4.14. The van der Waals surface area contributed by atoms with Gasteiger partial charge in [-0.15, -0.1) is 0 Å². The van der Waals surface area contributed by atoms with Crippen LogP contribution in [0.2, 0.25) is 0 Å². The first-order chi connectivity index (χ1) is 16.7. The highest BCUT2D eigenvalue weighted by Crippen LogP contribution is 2.25. The summed E-state index contributed by atoms with van der Waals surface area (Å²) in [6.07, 6.45) is 6.54. The molecule has 2 rings (SSSR count). The number of pyridine rings is 1. The lowest BCUT2D eigenvalue weighted by Crippen LogP contribution is -2.55. The van der Waals surface area contributed by atoms with Gasteiger partial charge in [-0.2, -0.15) is 0 Å². The highest BCUT2D eigenvalue weighted by Gasteiger charge is 2.37. The van der Waals surface area contributed by atoms with Crippen LogP contribution in [0.3, 0.4) is 0 Å². The predicted octanol–water partition coefficient (Wildman–Crippen LogP) is 4.21. The first-order valence-electron chi connectivity index (χ1n) is 12.1. The second-order valence-electron chi connectivity index (χ2n) is 9.86. The van der Waals surface area contributed by atoms with Crippen molar-refractivity contribution in [1.82, 2.24) is 15.4 Å². The summed E-state index contributed by atoms with van der Waals surface area (Å²) >= 11 is 0. The van der Waals surface area contributed by atoms with Gasteiger partial charge in [0.25, 0.3) is 0 Å². The van der Waals surface area contributed by atoms with E-state index in [1.54, 1.807) is 18.3 Å². The standard InChI is InChI=1S/C27H38N4O4/c1-5-11-23(31(35)19-32)22(16-9-14-20-12-7-6-8-13-20)25(33)30-24(27(2,3)4)26(34)29-21-15-10-17-28-18-21/h6-8,10,12-13,15,17-19,22-24,35H,5,9,11,14,16H2,1-4H3,(H,29,34)(H,30,33)/t22-,23+,24-/m1/s1. The van der Waals surface area contributed by atoms with Crippen LogP contribution in [0.25, 0.3) is 0 Å². The lowest BCUT2D eigenvalue weighted by molar-refractivity contribution is -0.169. The number of nitrogens with one attached hydrogen (secondary N) is 2. The molecule has 1 aromatic heterocycles. The number of benzene rings is 1. The minimum Gasteiger partial charge on any atom is -0.343 e. The Kier molecular flexibility index (Phi) is 10.9. The minimum atomic E-state index is -0.836. The Hall–Kier alpha value is -3.26. The molecule has 2 aromatic rings. The van der Waals surface area contributed by atoms with Crippen LogP contribution in [0.5, 0.6) is 0 Å². The lowest BCUT2D eigenvalue weighted by Gasteiger charge is -2.34. The first kappa shape index (κ1) is 28.0. The van der Waals surface area contributed by atoms with Gasteiger partial charge in [0, 0.05) is 6.20 Å². The van der Waals surface area contributed by atoms with Crippen LogP contribution in [-0.2, 0) is 20.8 Å². The fourth-order valence-electron chi connectivity index (χ4n) is 4.14. The number of carbonyl (C=O) groups excluding carboxylic acids is 3. The zero-order chi connectivity index (χ0) is 25.8. The lowest BCUT2D eigenvalue weighted by atomic mass is 9.84. The molecule has 190 valence electrons. The SMILES string of the molecule is CCC[C@@H]([C@@H](CCCc1ccccc1)C(=O)N[C@H](C(=O)Nc1cccnc1)C(C)(C)C)N(O)C=O. The molecular formula is C27H38N4O4. The van der Waals surface area contributed by atoms with Gasteiger partial charge in [0.15, 0.2) is 0 Å². The summed E-state index contributed by atoms with van der Waals surface area (Å²) in [6.45, 7) is 7.55. The van der Waals surface area contributed by atoms with E-state index in [1.807, 2.05) is 58.0 Å². The second kappa shape index (κ2) is 13.6. The van der Waals surface area contributed by atoms with Crippen LogP contribution in [-0.4, -0.2) is 45.6 Å². The Morgan fingerprint density at radius 1 is 1.09 bits per heavy atom. The Bertz CT molecular complexity index is 931. The molecule has 0 spiro atoms. The number of anilines is 1. The van der Waals surface area contributed by atoms with E-state index in [-0.39, 0.29) is 11.8 Å². The van der Waals surface area contributed by atoms with Crippen molar-refractivity contribution in [3.05, 3.63) is 60.4 Å². The number of aryl methyl sites for hydroxylation is 1. The van der Waals surface area contributed by atoms with E-state index in [1.165, 1.54) is 6.20 Å². The van der Waals surface area contributed by atoms with Crippen molar-refractivity contribution in [3.8, 4) is 0 Å². The quantitative estimate of drug-likeness (QED) is 0.225. The molecule has 0 bridgehead atoms. The molecule has 3 N–H and O–H groups in total. The van der Waals surface area contributed by atoms with Crippen molar-refractivity contribution in [3.63, 3.8) is 0 Å². The van der Waals surface area contributed by atoms with Crippen LogP contribution < -0.4 is 10.6 Å².